The van der Waals surface area contributed by atoms with Crippen LogP contribution < -0.4 is 10.6 Å². The van der Waals surface area contributed by atoms with Crippen molar-refractivity contribution in [1.82, 2.24) is 10.6 Å². The van der Waals surface area contributed by atoms with Gasteiger partial charge in [0.25, 0.3) is 0 Å². The van der Waals surface area contributed by atoms with Crippen molar-refractivity contribution in [2.75, 3.05) is 13.1 Å². The van der Waals surface area contributed by atoms with Crippen molar-refractivity contribution in [2.24, 2.45) is 0 Å². The highest BCUT2D eigenvalue weighted by molar-refractivity contribution is 5.90. The fourth-order valence-corrected chi connectivity index (χ4v) is 2.16. The fourth-order valence-electron chi connectivity index (χ4n) is 2.16. The van der Waals surface area contributed by atoms with Gasteiger partial charge < -0.3 is 15.1 Å². The minimum Gasteiger partial charge on any atom is -0.464 e. The molecular formula is C16H20N2O3. The molecular weight excluding hydrogens is 268 g/mol. The van der Waals surface area contributed by atoms with E-state index in [0.717, 1.165) is 23.0 Å². The van der Waals surface area contributed by atoms with E-state index in [1.807, 2.05) is 25.1 Å². The summed E-state index contributed by atoms with van der Waals surface area (Å²) in [5, 5.41) is 6.17. The molecule has 0 aliphatic carbocycles. The van der Waals surface area contributed by atoms with Gasteiger partial charge in [0.05, 0.1) is 19.2 Å². The van der Waals surface area contributed by atoms with Gasteiger partial charge >= 0.3 is 0 Å². The van der Waals surface area contributed by atoms with Crippen molar-refractivity contribution in [1.29, 1.82) is 0 Å². The highest BCUT2D eigenvalue weighted by Gasteiger charge is 2.11. The number of fused-ring (bicyclic) bond motifs is 1. The van der Waals surface area contributed by atoms with Gasteiger partial charge in [-0.3, -0.25) is 9.59 Å². The molecule has 0 bridgehead atoms. The molecule has 0 radical (unpaired) electrons. The minimum absolute atomic E-state index is 0.00242. The molecule has 2 aromatic rings. The number of likely N-dealkylation sites (N-methyl/N-ethyl adjacent to an activating group) is 1. The van der Waals surface area contributed by atoms with Gasteiger partial charge in [0.1, 0.15) is 5.58 Å². The molecule has 0 aliphatic rings. The molecule has 1 aromatic heterocycles. The largest absolute Gasteiger partial charge is 0.464 e. The quantitative estimate of drug-likeness (QED) is 0.851. The Hall–Kier alpha value is -2.30. The first kappa shape index (κ1) is 15.1. The van der Waals surface area contributed by atoms with Crippen molar-refractivity contribution in [2.45, 2.75) is 26.7 Å². The normalized spacial score (nSPS) is 10.6. The summed E-state index contributed by atoms with van der Waals surface area (Å²) in [6.45, 7) is 4.48. The first-order valence-corrected chi connectivity index (χ1v) is 7.16. The molecule has 2 N–H and O–H groups in total. The van der Waals surface area contributed by atoms with E-state index in [1.54, 1.807) is 6.26 Å². The van der Waals surface area contributed by atoms with E-state index >= 15 is 0 Å². The molecule has 0 spiro atoms. The zero-order valence-corrected chi connectivity index (χ0v) is 12.4. The van der Waals surface area contributed by atoms with Crippen LogP contribution in [0.2, 0.25) is 0 Å². The third kappa shape index (κ3) is 3.84. The summed E-state index contributed by atoms with van der Waals surface area (Å²) in [6, 6.07) is 6.00. The van der Waals surface area contributed by atoms with Gasteiger partial charge in [-0.05, 0) is 25.0 Å². The summed E-state index contributed by atoms with van der Waals surface area (Å²) in [5.41, 5.74) is 2.83. The number of amides is 2. The van der Waals surface area contributed by atoms with Crippen LogP contribution in [0.1, 0.15) is 25.0 Å². The molecule has 0 saturated carbocycles. The number of carbonyl (C=O) groups is 2. The molecule has 112 valence electrons. The van der Waals surface area contributed by atoms with E-state index in [0.29, 0.717) is 6.54 Å². The monoisotopic (exact) mass is 288 g/mol. The lowest BCUT2D eigenvalue weighted by atomic mass is 10.1. The highest BCUT2D eigenvalue weighted by atomic mass is 16.3. The topological polar surface area (TPSA) is 71.3 Å². The van der Waals surface area contributed by atoms with Gasteiger partial charge in [0, 0.05) is 17.5 Å². The molecule has 0 saturated heterocycles. The molecule has 5 nitrogen and oxygen atoms in total. The highest BCUT2D eigenvalue weighted by Crippen LogP contribution is 2.23. The van der Waals surface area contributed by atoms with Gasteiger partial charge in [-0.1, -0.05) is 19.1 Å². The average Bonchev–Trinajstić information content (AvgIpc) is 2.87. The Labute approximate surface area is 123 Å². The molecule has 2 rings (SSSR count). The summed E-state index contributed by atoms with van der Waals surface area (Å²) in [4.78, 5) is 23.1. The van der Waals surface area contributed by atoms with Crippen LogP contribution >= 0.6 is 0 Å². The summed E-state index contributed by atoms with van der Waals surface area (Å²) in [6.07, 6.45) is 2.76. The van der Waals surface area contributed by atoms with E-state index < -0.39 is 0 Å². The van der Waals surface area contributed by atoms with Crippen LogP contribution in [0.5, 0.6) is 0 Å². The van der Waals surface area contributed by atoms with Crippen molar-refractivity contribution >= 4 is 22.8 Å². The van der Waals surface area contributed by atoms with Crippen LogP contribution in [0.15, 0.2) is 28.9 Å². The molecule has 1 heterocycles. The van der Waals surface area contributed by atoms with Gasteiger partial charge in [-0.15, -0.1) is 0 Å². The van der Waals surface area contributed by atoms with Crippen LogP contribution in [-0.2, 0) is 22.4 Å². The first-order valence-electron chi connectivity index (χ1n) is 7.16. The second-order valence-corrected chi connectivity index (χ2v) is 4.85. The Morgan fingerprint density at radius 3 is 2.67 bits per heavy atom. The maximum atomic E-state index is 11.9. The summed E-state index contributed by atoms with van der Waals surface area (Å²) in [7, 11) is 0. The van der Waals surface area contributed by atoms with E-state index in [9.17, 15) is 9.59 Å². The molecule has 0 fully saturated rings. The molecule has 0 unspecified atom stereocenters. The van der Waals surface area contributed by atoms with Crippen LogP contribution in [0.3, 0.4) is 0 Å². The third-order valence-corrected chi connectivity index (χ3v) is 3.30. The van der Waals surface area contributed by atoms with Crippen LogP contribution in [0.25, 0.3) is 11.0 Å². The number of benzene rings is 1. The Balaban J connectivity index is 1.99. The average molecular weight is 288 g/mol. The van der Waals surface area contributed by atoms with Crippen molar-refractivity contribution < 1.29 is 14.0 Å². The number of hydrogen-bond donors (Lipinski definition) is 2. The number of nitrogens with one attached hydrogen (secondary N) is 2. The lowest BCUT2D eigenvalue weighted by molar-refractivity contribution is -0.125. The van der Waals surface area contributed by atoms with E-state index in [4.69, 9.17) is 4.42 Å². The van der Waals surface area contributed by atoms with E-state index in [-0.39, 0.29) is 24.8 Å². The Morgan fingerprint density at radius 1 is 1.14 bits per heavy atom. The van der Waals surface area contributed by atoms with Crippen molar-refractivity contribution in [3.63, 3.8) is 0 Å². The molecule has 2 amide bonds. The molecule has 0 aliphatic heterocycles. The standard InChI is InChI=1S/C16H20N2O3/c1-3-11-5-6-13-12(10-21-14(13)7-11)8-15(19)18-9-16(20)17-4-2/h5-7,10H,3-4,8-9H2,1-2H3,(H,17,20)(H,18,19). The SMILES string of the molecule is CCNC(=O)CNC(=O)Cc1coc2cc(CC)ccc12. The van der Waals surface area contributed by atoms with Gasteiger partial charge in [0.15, 0.2) is 0 Å². The summed E-state index contributed by atoms with van der Waals surface area (Å²) >= 11 is 0. The summed E-state index contributed by atoms with van der Waals surface area (Å²) in [5.74, 6) is -0.376. The van der Waals surface area contributed by atoms with Crippen LogP contribution in [0, 0.1) is 0 Å². The van der Waals surface area contributed by atoms with Crippen molar-refractivity contribution in [3.8, 4) is 0 Å². The van der Waals surface area contributed by atoms with Gasteiger partial charge in [0.2, 0.25) is 11.8 Å². The minimum atomic E-state index is -0.191. The zero-order chi connectivity index (χ0) is 15.2. The Bertz CT molecular complexity index is 646. The van der Waals surface area contributed by atoms with E-state index in [1.165, 1.54) is 5.56 Å². The zero-order valence-electron chi connectivity index (χ0n) is 12.4. The second-order valence-electron chi connectivity index (χ2n) is 4.85. The summed E-state index contributed by atoms with van der Waals surface area (Å²) < 4.78 is 5.50. The molecule has 21 heavy (non-hydrogen) atoms. The number of rotatable bonds is 6. The van der Waals surface area contributed by atoms with Crippen LogP contribution in [-0.4, -0.2) is 24.9 Å². The maximum absolute atomic E-state index is 11.9. The fraction of sp³-hybridized carbons (Fsp3) is 0.375. The number of carbonyl (C=O) groups excluding carboxylic acids is 2. The number of furan rings is 1. The third-order valence-electron chi connectivity index (χ3n) is 3.30. The first-order chi connectivity index (χ1) is 10.1. The lowest BCUT2D eigenvalue weighted by Crippen LogP contribution is -2.37. The predicted octanol–water partition coefficient (Wildman–Crippen LogP) is 1.79. The smallest absolute Gasteiger partial charge is 0.239 e. The molecule has 5 heteroatoms. The maximum Gasteiger partial charge on any atom is 0.239 e. The predicted molar refractivity (Wildman–Crippen MR) is 81.0 cm³/mol. The van der Waals surface area contributed by atoms with E-state index in [2.05, 4.69) is 17.6 Å². The van der Waals surface area contributed by atoms with Gasteiger partial charge in [-0.25, -0.2) is 0 Å². The number of aryl methyl sites for hydroxylation is 1. The van der Waals surface area contributed by atoms with Crippen molar-refractivity contribution in [3.05, 3.63) is 35.6 Å². The van der Waals surface area contributed by atoms with Gasteiger partial charge in [-0.2, -0.15) is 0 Å². The van der Waals surface area contributed by atoms with Crippen LogP contribution in [0.4, 0.5) is 0 Å². The Kier molecular flexibility index (Phi) is 4.98. The second kappa shape index (κ2) is 6.92. The lowest BCUT2D eigenvalue weighted by Gasteiger charge is -2.04. The molecule has 0 atom stereocenters. The Morgan fingerprint density at radius 2 is 1.95 bits per heavy atom. The molecule has 1 aromatic carbocycles. The number of hydrogen-bond acceptors (Lipinski definition) is 3.